The molecular formula is C12H12F2N4O2. The normalized spacial score (nSPS) is 11.9. The minimum atomic E-state index is -1.27. The number of rotatable bonds is 4. The van der Waals surface area contributed by atoms with Crippen LogP contribution in [0.3, 0.4) is 0 Å². The fourth-order valence-corrected chi connectivity index (χ4v) is 1.57. The van der Waals surface area contributed by atoms with Crippen molar-refractivity contribution < 1.29 is 18.7 Å². The van der Waals surface area contributed by atoms with Gasteiger partial charge in [-0.15, -0.1) is 0 Å². The van der Waals surface area contributed by atoms with Gasteiger partial charge in [0.1, 0.15) is 11.6 Å². The Morgan fingerprint density at radius 2 is 2.25 bits per heavy atom. The second-order valence-corrected chi connectivity index (χ2v) is 4.00. The Morgan fingerprint density at radius 1 is 1.45 bits per heavy atom. The smallest absolute Gasteiger partial charge is 0.319 e. The van der Waals surface area contributed by atoms with Crippen molar-refractivity contribution in [3.8, 4) is 0 Å². The average molecular weight is 282 g/mol. The minimum Gasteiger partial charge on any atom is -0.386 e. The first-order valence-electron chi connectivity index (χ1n) is 5.73. The fourth-order valence-electron chi connectivity index (χ4n) is 1.57. The maximum absolute atomic E-state index is 13.4. The summed E-state index contributed by atoms with van der Waals surface area (Å²) in [6, 6.07) is 2.26. The van der Waals surface area contributed by atoms with Crippen molar-refractivity contribution in [3.05, 3.63) is 47.8 Å². The van der Waals surface area contributed by atoms with Crippen LogP contribution in [0.2, 0.25) is 0 Å². The van der Waals surface area contributed by atoms with E-state index in [0.29, 0.717) is 11.8 Å². The standard InChI is InChI=1S/C12H12F2N4O2/c13-7-1-2-9(10(14)3-7)11(19)6-15-12(20)18-8-4-16-17-5-8/h1-5,11,19H,6H2,(H,16,17)(H2,15,18,20)/t11-/m0/s1. The van der Waals surface area contributed by atoms with E-state index in [4.69, 9.17) is 0 Å². The third-order valence-corrected chi connectivity index (χ3v) is 2.53. The van der Waals surface area contributed by atoms with E-state index >= 15 is 0 Å². The largest absolute Gasteiger partial charge is 0.386 e. The molecule has 0 spiro atoms. The molecule has 106 valence electrons. The van der Waals surface area contributed by atoms with Crippen LogP contribution in [0.5, 0.6) is 0 Å². The van der Waals surface area contributed by atoms with Gasteiger partial charge in [-0.1, -0.05) is 6.07 Å². The number of benzene rings is 1. The Labute approximate surface area is 112 Å². The summed E-state index contributed by atoms with van der Waals surface area (Å²) < 4.78 is 26.1. The van der Waals surface area contributed by atoms with Crippen molar-refractivity contribution in [3.63, 3.8) is 0 Å². The number of nitrogens with zero attached hydrogens (tertiary/aromatic N) is 1. The zero-order valence-electron chi connectivity index (χ0n) is 10.2. The molecule has 20 heavy (non-hydrogen) atoms. The van der Waals surface area contributed by atoms with Crippen LogP contribution in [0.15, 0.2) is 30.6 Å². The molecule has 1 aromatic carbocycles. The summed E-state index contributed by atoms with van der Waals surface area (Å²) >= 11 is 0. The number of aliphatic hydroxyl groups is 1. The lowest BCUT2D eigenvalue weighted by Gasteiger charge is -2.13. The summed E-state index contributed by atoms with van der Waals surface area (Å²) in [5.41, 5.74) is 0.361. The molecule has 0 unspecified atom stereocenters. The number of aromatic nitrogens is 2. The number of carbonyl (C=O) groups excluding carboxylic acids is 1. The highest BCUT2D eigenvalue weighted by atomic mass is 19.1. The van der Waals surface area contributed by atoms with Gasteiger partial charge < -0.3 is 15.7 Å². The number of aliphatic hydroxyl groups excluding tert-OH is 1. The number of hydrogen-bond acceptors (Lipinski definition) is 3. The van der Waals surface area contributed by atoms with E-state index in [1.165, 1.54) is 12.4 Å². The Balaban J connectivity index is 1.88. The molecule has 1 atom stereocenters. The van der Waals surface area contributed by atoms with Crippen molar-refractivity contribution in [2.24, 2.45) is 0 Å². The predicted octanol–water partition coefficient (Wildman–Crippen LogP) is 1.54. The minimum absolute atomic E-state index is 0.0880. The maximum atomic E-state index is 13.4. The number of nitrogens with one attached hydrogen (secondary N) is 3. The van der Waals surface area contributed by atoms with Crippen LogP contribution < -0.4 is 10.6 Å². The zero-order chi connectivity index (χ0) is 14.5. The van der Waals surface area contributed by atoms with E-state index < -0.39 is 23.8 Å². The first-order valence-corrected chi connectivity index (χ1v) is 5.73. The van der Waals surface area contributed by atoms with Crippen molar-refractivity contribution >= 4 is 11.7 Å². The molecule has 2 aromatic rings. The van der Waals surface area contributed by atoms with Gasteiger partial charge in [0.05, 0.1) is 18.0 Å². The molecule has 0 saturated heterocycles. The van der Waals surface area contributed by atoms with E-state index in [1.54, 1.807) is 0 Å². The molecule has 6 nitrogen and oxygen atoms in total. The second-order valence-electron chi connectivity index (χ2n) is 4.00. The molecule has 0 aliphatic carbocycles. The Hall–Kier alpha value is -2.48. The molecule has 1 aromatic heterocycles. The number of urea groups is 1. The van der Waals surface area contributed by atoms with E-state index in [1.807, 2.05) is 0 Å². The average Bonchev–Trinajstić information content (AvgIpc) is 2.89. The van der Waals surface area contributed by atoms with Crippen molar-refractivity contribution in [1.82, 2.24) is 15.5 Å². The number of carbonyl (C=O) groups is 1. The maximum Gasteiger partial charge on any atom is 0.319 e. The van der Waals surface area contributed by atoms with Crippen LogP contribution in [0.1, 0.15) is 11.7 Å². The van der Waals surface area contributed by atoms with Gasteiger partial charge in [-0.25, -0.2) is 13.6 Å². The third-order valence-electron chi connectivity index (χ3n) is 2.53. The summed E-state index contributed by atoms with van der Waals surface area (Å²) in [5.74, 6) is -1.60. The molecule has 2 rings (SSSR count). The van der Waals surface area contributed by atoms with Crippen LogP contribution >= 0.6 is 0 Å². The molecular weight excluding hydrogens is 270 g/mol. The molecule has 0 aliphatic heterocycles. The summed E-state index contributed by atoms with van der Waals surface area (Å²) in [6.07, 6.45) is 1.59. The van der Waals surface area contributed by atoms with Crippen LogP contribution in [0.4, 0.5) is 19.3 Å². The lowest BCUT2D eigenvalue weighted by Crippen LogP contribution is -2.32. The van der Waals surface area contributed by atoms with Gasteiger partial charge in [-0.2, -0.15) is 5.10 Å². The molecule has 4 N–H and O–H groups in total. The van der Waals surface area contributed by atoms with Crippen LogP contribution in [0, 0.1) is 11.6 Å². The SMILES string of the molecule is O=C(NC[C@H](O)c1ccc(F)cc1F)Nc1cn[nH]c1. The molecule has 0 saturated carbocycles. The molecule has 1 heterocycles. The molecule has 0 bridgehead atoms. The van der Waals surface area contributed by atoms with E-state index in [-0.39, 0.29) is 12.1 Å². The lowest BCUT2D eigenvalue weighted by molar-refractivity contribution is 0.170. The molecule has 0 fully saturated rings. The number of aromatic amines is 1. The van der Waals surface area contributed by atoms with Crippen LogP contribution in [-0.2, 0) is 0 Å². The van der Waals surface area contributed by atoms with Crippen molar-refractivity contribution in [2.75, 3.05) is 11.9 Å². The van der Waals surface area contributed by atoms with Gasteiger partial charge in [0.2, 0.25) is 0 Å². The number of amides is 2. The van der Waals surface area contributed by atoms with Gasteiger partial charge >= 0.3 is 6.03 Å². The first-order chi connectivity index (χ1) is 9.56. The Kier molecular flexibility index (Phi) is 4.26. The molecule has 2 amide bonds. The number of halogens is 2. The highest BCUT2D eigenvalue weighted by Gasteiger charge is 2.14. The molecule has 8 heteroatoms. The highest BCUT2D eigenvalue weighted by Crippen LogP contribution is 2.17. The zero-order valence-corrected chi connectivity index (χ0v) is 10.2. The quantitative estimate of drug-likeness (QED) is 0.685. The third kappa shape index (κ3) is 3.51. The predicted molar refractivity (Wildman–Crippen MR) is 66.9 cm³/mol. The van der Waals surface area contributed by atoms with E-state index in [0.717, 1.165) is 12.1 Å². The van der Waals surface area contributed by atoms with E-state index in [9.17, 15) is 18.7 Å². The lowest BCUT2D eigenvalue weighted by atomic mass is 10.1. The van der Waals surface area contributed by atoms with Gasteiger partial charge in [-0.05, 0) is 6.07 Å². The first kappa shape index (κ1) is 13.9. The summed E-state index contributed by atoms with van der Waals surface area (Å²) in [5, 5.41) is 20.7. The van der Waals surface area contributed by atoms with Crippen LogP contribution in [-0.4, -0.2) is 27.9 Å². The fraction of sp³-hybridized carbons (Fsp3) is 0.167. The van der Waals surface area contributed by atoms with Crippen LogP contribution in [0.25, 0.3) is 0 Å². The monoisotopic (exact) mass is 282 g/mol. The number of anilines is 1. The number of H-pyrrole nitrogens is 1. The number of hydrogen-bond donors (Lipinski definition) is 4. The van der Waals surface area contributed by atoms with Crippen molar-refractivity contribution in [2.45, 2.75) is 6.10 Å². The second kappa shape index (κ2) is 6.11. The van der Waals surface area contributed by atoms with Gasteiger partial charge in [0, 0.05) is 24.4 Å². The summed E-state index contributed by atoms with van der Waals surface area (Å²) in [4.78, 5) is 11.5. The topological polar surface area (TPSA) is 90.0 Å². The summed E-state index contributed by atoms with van der Waals surface area (Å²) in [6.45, 7) is -0.216. The van der Waals surface area contributed by atoms with Gasteiger partial charge in [0.25, 0.3) is 0 Å². The summed E-state index contributed by atoms with van der Waals surface area (Å²) in [7, 11) is 0. The Bertz CT molecular complexity index is 589. The van der Waals surface area contributed by atoms with Crippen molar-refractivity contribution in [1.29, 1.82) is 0 Å². The van der Waals surface area contributed by atoms with E-state index in [2.05, 4.69) is 20.8 Å². The molecule has 0 aliphatic rings. The highest BCUT2D eigenvalue weighted by molar-refractivity contribution is 5.88. The van der Waals surface area contributed by atoms with Gasteiger partial charge in [-0.3, -0.25) is 5.10 Å². The Morgan fingerprint density at radius 3 is 2.90 bits per heavy atom. The van der Waals surface area contributed by atoms with Gasteiger partial charge in [0.15, 0.2) is 0 Å². The molecule has 0 radical (unpaired) electrons.